The molecule has 0 saturated carbocycles. The number of carbonyl (C=O) groups excluding carboxylic acids is 2. The molecule has 5 heteroatoms. The Morgan fingerprint density at radius 1 is 1.27 bits per heavy atom. The first-order valence-electron chi connectivity index (χ1n) is 7.73. The summed E-state index contributed by atoms with van der Waals surface area (Å²) in [4.78, 5) is 27.9. The van der Waals surface area contributed by atoms with Gasteiger partial charge in [-0.05, 0) is 43.9 Å². The number of piperidine rings is 1. The number of benzene rings is 1. The number of carbonyl (C=O) groups is 2. The monoisotopic (exact) mass is 303 g/mol. The summed E-state index contributed by atoms with van der Waals surface area (Å²) in [5.74, 6) is -0.137. The van der Waals surface area contributed by atoms with Crippen molar-refractivity contribution in [3.63, 3.8) is 0 Å². The van der Waals surface area contributed by atoms with Gasteiger partial charge in [0.1, 0.15) is 0 Å². The van der Waals surface area contributed by atoms with Crippen LogP contribution in [0, 0.1) is 19.8 Å². The number of nitrogens with zero attached hydrogens (tertiary/aromatic N) is 2. The number of rotatable bonds is 2. The molecule has 1 fully saturated rings. The Kier molecular flexibility index (Phi) is 5.06. The predicted molar refractivity (Wildman–Crippen MR) is 87.9 cm³/mol. The van der Waals surface area contributed by atoms with E-state index in [0.717, 1.165) is 36.2 Å². The van der Waals surface area contributed by atoms with Crippen molar-refractivity contribution in [3.8, 4) is 0 Å². The number of likely N-dealkylation sites (tertiary alicyclic amines) is 1. The van der Waals surface area contributed by atoms with E-state index in [2.05, 4.69) is 5.32 Å². The van der Waals surface area contributed by atoms with Gasteiger partial charge in [0.05, 0.1) is 5.92 Å². The normalized spacial score (nSPS) is 18.0. The Hall–Kier alpha value is -2.04. The third-order valence-corrected chi connectivity index (χ3v) is 4.10. The van der Waals surface area contributed by atoms with E-state index in [1.54, 1.807) is 23.9 Å². The van der Waals surface area contributed by atoms with Crippen molar-refractivity contribution in [1.29, 1.82) is 0 Å². The van der Waals surface area contributed by atoms with Crippen molar-refractivity contribution >= 4 is 17.6 Å². The number of aryl methyl sites for hydroxylation is 2. The largest absolute Gasteiger partial charge is 0.331 e. The van der Waals surface area contributed by atoms with Crippen molar-refractivity contribution in [3.05, 3.63) is 29.3 Å². The van der Waals surface area contributed by atoms with Gasteiger partial charge in [0.15, 0.2) is 0 Å². The molecule has 1 heterocycles. The Balaban J connectivity index is 2.03. The van der Waals surface area contributed by atoms with Crippen LogP contribution in [0.2, 0.25) is 0 Å². The number of anilines is 1. The van der Waals surface area contributed by atoms with Crippen LogP contribution in [0.4, 0.5) is 10.5 Å². The first-order valence-corrected chi connectivity index (χ1v) is 7.73. The molecule has 5 nitrogen and oxygen atoms in total. The molecule has 0 bridgehead atoms. The van der Waals surface area contributed by atoms with Crippen LogP contribution >= 0.6 is 0 Å². The summed E-state index contributed by atoms with van der Waals surface area (Å²) in [6, 6.07) is 6.00. The summed E-state index contributed by atoms with van der Waals surface area (Å²) >= 11 is 0. The van der Waals surface area contributed by atoms with Crippen LogP contribution in [-0.4, -0.2) is 48.9 Å². The molecule has 1 saturated heterocycles. The van der Waals surface area contributed by atoms with Gasteiger partial charge in [0, 0.05) is 32.9 Å². The molecule has 1 aliphatic rings. The van der Waals surface area contributed by atoms with Gasteiger partial charge in [-0.25, -0.2) is 4.79 Å². The van der Waals surface area contributed by atoms with Gasteiger partial charge in [0.2, 0.25) is 5.91 Å². The maximum absolute atomic E-state index is 12.5. The van der Waals surface area contributed by atoms with Crippen LogP contribution in [0.3, 0.4) is 0 Å². The Bertz CT molecular complexity index is 569. The Morgan fingerprint density at radius 2 is 2.00 bits per heavy atom. The van der Waals surface area contributed by atoms with Gasteiger partial charge in [0.25, 0.3) is 0 Å². The van der Waals surface area contributed by atoms with Crippen molar-refractivity contribution in [2.24, 2.45) is 5.92 Å². The lowest BCUT2D eigenvalue weighted by Crippen LogP contribution is -2.47. The molecule has 0 spiro atoms. The average molecular weight is 303 g/mol. The smallest absolute Gasteiger partial charge is 0.319 e. The molecule has 120 valence electrons. The summed E-state index contributed by atoms with van der Waals surface area (Å²) in [5.41, 5.74) is 3.03. The first kappa shape index (κ1) is 16.3. The summed E-state index contributed by atoms with van der Waals surface area (Å²) in [5, 5.41) is 3.02. The second-order valence-electron chi connectivity index (χ2n) is 6.27. The third kappa shape index (κ3) is 3.78. The lowest BCUT2D eigenvalue weighted by Gasteiger charge is -2.33. The molecule has 0 unspecified atom stereocenters. The Labute approximate surface area is 132 Å². The summed E-state index contributed by atoms with van der Waals surface area (Å²) in [6.07, 6.45) is 1.69. The third-order valence-electron chi connectivity index (χ3n) is 4.10. The molecule has 2 rings (SSSR count). The number of urea groups is 1. The minimum Gasteiger partial charge on any atom is -0.331 e. The zero-order valence-corrected chi connectivity index (χ0v) is 13.8. The molecule has 1 aromatic rings. The number of hydrogen-bond donors (Lipinski definition) is 1. The van der Waals surface area contributed by atoms with Gasteiger partial charge in [-0.1, -0.05) is 12.1 Å². The maximum atomic E-state index is 12.5. The van der Waals surface area contributed by atoms with E-state index in [9.17, 15) is 9.59 Å². The molecule has 1 N–H and O–H groups in total. The lowest BCUT2D eigenvalue weighted by molar-refractivity contribution is -0.121. The van der Waals surface area contributed by atoms with E-state index < -0.39 is 0 Å². The van der Waals surface area contributed by atoms with Gasteiger partial charge in [-0.15, -0.1) is 0 Å². The maximum Gasteiger partial charge on any atom is 0.319 e. The molecule has 0 aliphatic carbocycles. The predicted octanol–water partition coefficient (Wildman–Crippen LogP) is 2.64. The molecule has 1 atom stereocenters. The molecule has 1 aliphatic heterocycles. The SMILES string of the molecule is Cc1ccc(C)c(NC(=O)[C@H]2CCCN(C(=O)N(C)C)C2)c1. The van der Waals surface area contributed by atoms with Crippen molar-refractivity contribution in [1.82, 2.24) is 9.80 Å². The van der Waals surface area contributed by atoms with E-state index in [1.165, 1.54) is 0 Å². The van der Waals surface area contributed by atoms with Crippen LogP contribution in [0.5, 0.6) is 0 Å². The molecular formula is C17H25N3O2. The highest BCUT2D eigenvalue weighted by molar-refractivity contribution is 5.93. The van der Waals surface area contributed by atoms with Crippen LogP contribution < -0.4 is 5.32 Å². The average Bonchev–Trinajstić information content (AvgIpc) is 2.50. The van der Waals surface area contributed by atoms with Crippen LogP contribution in [0.25, 0.3) is 0 Å². The van der Waals surface area contributed by atoms with Gasteiger partial charge < -0.3 is 15.1 Å². The summed E-state index contributed by atoms with van der Waals surface area (Å²) in [6.45, 7) is 5.21. The zero-order valence-electron chi connectivity index (χ0n) is 13.8. The number of amides is 3. The molecule has 1 aromatic carbocycles. The van der Waals surface area contributed by atoms with Gasteiger partial charge in [-0.2, -0.15) is 0 Å². The molecule has 3 amide bonds. The molecule has 0 aromatic heterocycles. The minimum atomic E-state index is -0.141. The van der Waals surface area contributed by atoms with Crippen molar-refractivity contribution in [2.45, 2.75) is 26.7 Å². The van der Waals surface area contributed by atoms with E-state index in [0.29, 0.717) is 6.54 Å². The fourth-order valence-electron chi connectivity index (χ4n) is 2.75. The van der Waals surface area contributed by atoms with Gasteiger partial charge in [-0.3, -0.25) is 4.79 Å². The number of hydrogen-bond acceptors (Lipinski definition) is 2. The highest BCUT2D eigenvalue weighted by atomic mass is 16.2. The quantitative estimate of drug-likeness (QED) is 0.913. The summed E-state index contributed by atoms with van der Waals surface area (Å²) in [7, 11) is 3.48. The Morgan fingerprint density at radius 3 is 2.68 bits per heavy atom. The van der Waals surface area contributed by atoms with E-state index in [-0.39, 0.29) is 17.9 Å². The fraction of sp³-hybridized carbons (Fsp3) is 0.529. The second kappa shape index (κ2) is 6.81. The van der Waals surface area contributed by atoms with E-state index in [4.69, 9.17) is 0 Å². The van der Waals surface area contributed by atoms with Crippen molar-refractivity contribution < 1.29 is 9.59 Å². The van der Waals surface area contributed by atoms with Crippen LogP contribution in [-0.2, 0) is 4.79 Å². The van der Waals surface area contributed by atoms with Crippen LogP contribution in [0.1, 0.15) is 24.0 Å². The highest BCUT2D eigenvalue weighted by Gasteiger charge is 2.29. The van der Waals surface area contributed by atoms with Crippen molar-refractivity contribution in [2.75, 3.05) is 32.5 Å². The zero-order chi connectivity index (χ0) is 16.3. The van der Waals surface area contributed by atoms with Crippen LogP contribution in [0.15, 0.2) is 18.2 Å². The molecule has 22 heavy (non-hydrogen) atoms. The fourth-order valence-corrected chi connectivity index (χ4v) is 2.75. The molecular weight excluding hydrogens is 278 g/mol. The topological polar surface area (TPSA) is 52.7 Å². The standard InChI is InChI=1S/C17H25N3O2/c1-12-7-8-13(2)15(10-12)18-16(21)14-6-5-9-20(11-14)17(22)19(3)4/h7-8,10,14H,5-6,9,11H2,1-4H3,(H,18,21)/t14-/m0/s1. The minimum absolute atomic E-state index is 0.00459. The number of nitrogens with one attached hydrogen (secondary N) is 1. The van der Waals surface area contributed by atoms with Gasteiger partial charge >= 0.3 is 6.03 Å². The molecule has 0 radical (unpaired) electrons. The van der Waals surface area contributed by atoms with E-state index >= 15 is 0 Å². The first-order chi connectivity index (χ1) is 10.4. The van der Waals surface area contributed by atoms with E-state index in [1.807, 2.05) is 32.0 Å². The summed E-state index contributed by atoms with van der Waals surface area (Å²) < 4.78 is 0. The lowest BCUT2D eigenvalue weighted by atomic mass is 9.97. The highest BCUT2D eigenvalue weighted by Crippen LogP contribution is 2.22. The second-order valence-corrected chi connectivity index (χ2v) is 6.27.